The summed E-state index contributed by atoms with van der Waals surface area (Å²) in [5.41, 5.74) is -0.602. The molecule has 8 nitrogen and oxygen atoms in total. The Bertz CT molecular complexity index is 908. The highest BCUT2D eigenvalue weighted by Gasteiger charge is 2.65. The van der Waals surface area contributed by atoms with Crippen molar-refractivity contribution in [2.75, 3.05) is 44.7 Å². The highest BCUT2D eigenvalue weighted by Crippen LogP contribution is 2.58. The normalized spacial score (nSPS) is 26.1. The van der Waals surface area contributed by atoms with Crippen LogP contribution in [0.15, 0.2) is 41.3 Å². The van der Waals surface area contributed by atoms with E-state index in [0.29, 0.717) is 31.3 Å². The summed E-state index contributed by atoms with van der Waals surface area (Å²) in [6.07, 6.45) is 7.44. The van der Waals surface area contributed by atoms with Gasteiger partial charge in [0, 0.05) is 57.6 Å². The molecule has 5 rings (SSSR count). The van der Waals surface area contributed by atoms with Gasteiger partial charge >= 0.3 is 0 Å². The fraction of sp³-hybridized carbons (Fsp3) is 0.524. The average Bonchev–Trinajstić information content (AvgIpc) is 3.46. The van der Waals surface area contributed by atoms with Crippen LogP contribution >= 0.6 is 0 Å². The van der Waals surface area contributed by atoms with Crippen molar-refractivity contribution in [3.05, 3.63) is 42.6 Å². The van der Waals surface area contributed by atoms with Crippen LogP contribution in [0.2, 0.25) is 0 Å². The molecule has 29 heavy (non-hydrogen) atoms. The molecule has 0 aromatic carbocycles. The average molecular weight is 395 g/mol. The second-order valence-corrected chi connectivity index (χ2v) is 8.51. The molecule has 3 saturated heterocycles. The van der Waals surface area contributed by atoms with Crippen LogP contribution in [0.3, 0.4) is 0 Å². The minimum atomic E-state index is -0.430. The summed E-state index contributed by atoms with van der Waals surface area (Å²) in [5.74, 6) is 1.20. The fourth-order valence-electron chi connectivity index (χ4n) is 5.56. The summed E-state index contributed by atoms with van der Waals surface area (Å²) in [4.78, 5) is 40.8. The van der Waals surface area contributed by atoms with Gasteiger partial charge in [0.15, 0.2) is 5.76 Å². The monoisotopic (exact) mass is 395 g/mol. The first-order chi connectivity index (χ1) is 14.0. The molecule has 0 radical (unpaired) electrons. The van der Waals surface area contributed by atoms with Crippen LogP contribution in [0, 0.1) is 10.8 Å². The van der Waals surface area contributed by atoms with E-state index in [1.165, 1.54) is 6.26 Å². The predicted molar refractivity (Wildman–Crippen MR) is 105 cm³/mol. The van der Waals surface area contributed by atoms with Gasteiger partial charge in [0.2, 0.25) is 11.9 Å². The van der Waals surface area contributed by atoms with Gasteiger partial charge in [0.1, 0.15) is 0 Å². The van der Waals surface area contributed by atoms with Gasteiger partial charge in [-0.3, -0.25) is 9.59 Å². The van der Waals surface area contributed by atoms with Gasteiger partial charge in [0.05, 0.1) is 11.7 Å². The van der Waals surface area contributed by atoms with E-state index in [1.807, 2.05) is 16.8 Å². The molecule has 0 N–H and O–H groups in total. The maximum absolute atomic E-state index is 13.3. The smallest absolute Gasteiger partial charge is 0.289 e. The first-order valence-electron chi connectivity index (χ1n) is 10.2. The molecule has 2 aromatic heterocycles. The molecule has 152 valence electrons. The number of aromatic nitrogens is 2. The molecule has 2 spiro atoms. The zero-order valence-corrected chi connectivity index (χ0v) is 16.6. The number of carbonyl (C=O) groups is 2. The Morgan fingerprint density at radius 1 is 1.07 bits per heavy atom. The van der Waals surface area contributed by atoms with Crippen molar-refractivity contribution in [1.29, 1.82) is 0 Å². The zero-order valence-electron chi connectivity index (χ0n) is 16.6. The first kappa shape index (κ1) is 18.1. The van der Waals surface area contributed by atoms with Gasteiger partial charge < -0.3 is 19.1 Å². The fourth-order valence-corrected chi connectivity index (χ4v) is 5.56. The van der Waals surface area contributed by atoms with E-state index in [0.717, 1.165) is 32.4 Å². The van der Waals surface area contributed by atoms with Crippen LogP contribution in [-0.2, 0) is 4.79 Å². The Morgan fingerprint density at radius 3 is 2.45 bits per heavy atom. The van der Waals surface area contributed by atoms with Crippen LogP contribution in [-0.4, -0.2) is 71.4 Å². The number of hydrogen-bond donors (Lipinski definition) is 0. The number of piperidine rings is 1. The van der Waals surface area contributed by atoms with Crippen LogP contribution < -0.4 is 4.90 Å². The first-order valence-corrected chi connectivity index (χ1v) is 10.2. The second-order valence-electron chi connectivity index (χ2n) is 8.51. The van der Waals surface area contributed by atoms with E-state index in [1.54, 1.807) is 30.6 Å². The molecule has 3 aliphatic rings. The molecule has 3 aliphatic heterocycles. The molecule has 8 heteroatoms. The molecule has 1 atom stereocenters. The number of anilines is 1. The lowest BCUT2D eigenvalue weighted by Crippen LogP contribution is -2.53. The third-order valence-electron chi connectivity index (χ3n) is 7.17. The lowest BCUT2D eigenvalue weighted by molar-refractivity contribution is -0.140. The number of amides is 2. The Labute approximate surface area is 169 Å². The van der Waals surface area contributed by atoms with Crippen LogP contribution in [0.1, 0.15) is 29.8 Å². The molecule has 2 aromatic rings. The number of fused-ring (bicyclic) bond motifs is 1. The van der Waals surface area contributed by atoms with Crippen LogP contribution in [0.25, 0.3) is 0 Å². The highest BCUT2D eigenvalue weighted by atomic mass is 16.3. The summed E-state index contributed by atoms with van der Waals surface area (Å²) >= 11 is 0. The van der Waals surface area contributed by atoms with E-state index in [-0.39, 0.29) is 17.2 Å². The van der Waals surface area contributed by atoms with Gasteiger partial charge in [-0.15, -0.1) is 0 Å². The van der Waals surface area contributed by atoms with E-state index in [9.17, 15) is 9.59 Å². The minimum Gasteiger partial charge on any atom is -0.459 e. The number of rotatable bonds is 2. The molecule has 0 bridgehead atoms. The highest BCUT2D eigenvalue weighted by molar-refractivity contribution is 5.91. The van der Waals surface area contributed by atoms with Crippen LogP contribution in [0.5, 0.6) is 0 Å². The van der Waals surface area contributed by atoms with E-state index < -0.39 is 5.41 Å². The molecule has 3 fully saturated rings. The molecule has 5 heterocycles. The maximum atomic E-state index is 13.3. The number of likely N-dealkylation sites (tertiary alicyclic amines) is 2. The number of furan rings is 1. The zero-order chi connectivity index (χ0) is 20.1. The number of carbonyl (C=O) groups excluding carboxylic acids is 2. The second kappa shape index (κ2) is 6.57. The summed E-state index contributed by atoms with van der Waals surface area (Å²) in [6.45, 7) is 3.42. The van der Waals surface area contributed by atoms with E-state index >= 15 is 0 Å². The molecule has 0 saturated carbocycles. The minimum absolute atomic E-state index is 0.0741. The van der Waals surface area contributed by atoms with Gasteiger partial charge in [-0.1, -0.05) is 0 Å². The van der Waals surface area contributed by atoms with Crippen molar-refractivity contribution in [3.63, 3.8) is 0 Å². The third kappa shape index (κ3) is 2.65. The Balaban J connectivity index is 1.43. The van der Waals surface area contributed by atoms with Gasteiger partial charge in [-0.2, -0.15) is 0 Å². The molecular formula is C21H25N5O3. The van der Waals surface area contributed by atoms with Crippen molar-refractivity contribution < 1.29 is 14.0 Å². The topological polar surface area (TPSA) is 82.8 Å². The quantitative estimate of drug-likeness (QED) is 0.769. The Morgan fingerprint density at radius 2 is 1.83 bits per heavy atom. The Hall–Kier alpha value is -2.90. The van der Waals surface area contributed by atoms with Crippen molar-refractivity contribution in [2.24, 2.45) is 10.8 Å². The van der Waals surface area contributed by atoms with Gasteiger partial charge in [-0.05, 0) is 37.5 Å². The SMILES string of the molecule is CN1CCC2(CN(c3ncccn3)CC23CCN(C(=O)c2ccco2)CC3)C1=O. The molecule has 1 unspecified atom stereocenters. The number of hydrogen-bond acceptors (Lipinski definition) is 6. The standard InChI is InChI=1S/C21H25N5O3/c1-24-10-7-21(18(24)28)15-26(19-22-8-3-9-23-19)14-20(21)5-11-25(12-6-20)17(27)16-4-2-13-29-16/h2-4,8-9,13H,5-7,10-12,14-15H2,1H3. The lowest BCUT2D eigenvalue weighted by atomic mass is 9.60. The van der Waals surface area contributed by atoms with Gasteiger partial charge in [-0.25, -0.2) is 9.97 Å². The van der Waals surface area contributed by atoms with Crippen molar-refractivity contribution in [1.82, 2.24) is 19.8 Å². The van der Waals surface area contributed by atoms with Crippen LogP contribution in [0.4, 0.5) is 5.95 Å². The van der Waals surface area contributed by atoms with Crippen molar-refractivity contribution >= 4 is 17.8 Å². The summed E-state index contributed by atoms with van der Waals surface area (Å²) in [5, 5.41) is 0. The van der Waals surface area contributed by atoms with E-state index in [4.69, 9.17) is 4.42 Å². The van der Waals surface area contributed by atoms with Crippen molar-refractivity contribution in [2.45, 2.75) is 19.3 Å². The third-order valence-corrected chi connectivity index (χ3v) is 7.17. The van der Waals surface area contributed by atoms with Crippen molar-refractivity contribution in [3.8, 4) is 0 Å². The summed E-state index contributed by atoms with van der Waals surface area (Å²) in [7, 11) is 1.89. The van der Waals surface area contributed by atoms with E-state index in [2.05, 4.69) is 14.9 Å². The molecule has 0 aliphatic carbocycles. The lowest BCUT2D eigenvalue weighted by Gasteiger charge is -2.46. The summed E-state index contributed by atoms with van der Waals surface area (Å²) in [6, 6.07) is 5.24. The molecule has 2 amide bonds. The summed E-state index contributed by atoms with van der Waals surface area (Å²) < 4.78 is 5.29. The Kier molecular flexibility index (Phi) is 4.11. The maximum Gasteiger partial charge on any atom is 0.289 e. The number of nitrogens with zero attached hydrogens (tertiary/aromatic N) is 5. The largest absolute Gasteiger partial charge is 0.459 e. The predicted octanol–water partition coefficient (Wildman–Crippen LogP) is 1.66. The molecular weight excluding hydrogens is 370 g/mol. The van der Waals surface area contributed by atoms with Gasteiger partial charge in [0.25, 0.3) is 5.91 Å².